The van der Waals surface area contributed by atoms with E-state index in [1.165, 1.54) is 5.52 Å². The minimum Gasteiger partial charge on any atom is -0.493 e. The predicted octanol–water partition coefficient (Wildman–Crippen LogP) is 6.31. The fourth-order valence-electron chi connectivity index (χ4n) is 6.83. The van der Waals surface area contributed by atoms with Gasteiger partial charge < -0.3 is 24.3 Å². The maximum atomic E-state index is 14.3. The molecule has 2 amide bonds. The SMILES string of the molecule is CCn1c2ccccc2c2cc(NC(=O)[C@@H]3c4ccccc4C(=O)N4CCc5cc(OC)c(OC)cc5[C@@H]34)ccc21. The second-order valence-electron chi connectivity index (χ2n) is 10.6. The zero-order valence-corrected chi connectivity index (χ0v) is 23.3. The number of nitrogens with one attached hydrogen (secondary N) is 1. The molecule has 5 aromatic rings. The van der Waals surface area contributed by atoms with E-state index < -0.39 is 12.0 Å². The molecule has 1 N–H and O–H groups in total. The van der Waals surface area contributed by atoms with Gasteiger partial charge in [0.05, 0.1) is 26.2 Å². The van der Waals surface area contributed by atoms with Crippen LogP contribution in [0.2, 0.25) is 0 Å². The summed E-state index contributed by atoms with van der Waals surface area (Å²) >= 11 is 0. The van der Waals surface area contributed by atoms with Crippen molar-refractivity contribution in [2.24, 2.45) is 0 Å². The van der Waals surface area contributed by atoms with Gasteiger partial charge in [0, 0.05) is 46.1 Å². The topological polar surface area (TPSA) is 72.8 Å². The van der Waals surface area contributed by atoms with Crippen LogP contribution < -0.4 is 14.8 Å². The molecule has 4 aromatic carbocycles. The van der Waals surface area contributed by atoms with Gasteiger partial charge in [-0.1, -0.05) is 36.4 Å². The van der Waals surface area contributed by atoms with E-state index in [1.54, 1.807) is 14.2 Å². The fourth-order valence-corrected chi connectivity index (χ4v) is 6.83. The molecule has 206 valence electrons. The third-order valence-corrected chi connectivity index (χ3v) is 8.66. The molecule has 0 bridgehead atoms. The lowest BCUT2D eigenvalue weighted by Crippen LogP contribution is -2.49. The smallest absolute Gasteiger partial charge is 0.254 e. The highest BCUT2D eigenvalue weighted by molar-refractivity contribution is 6.10. The number of rotatable bonds is 5. The highest BCUT2D eigenvalue weighted by Gasteiger charge is 2.46. The normalized spacial score (nSPS) is 17.6. The third kappa shape index (κ3) is 3.79. The fraction of sp³-hybridized carbons (Fsp3) is 0.235. The Hall–Kier alpha value is -4.78. The van der Waals surface area contributed by atoms with Gasteiger partial charge in [0.25, 0.3) is 5.91 Å². The minimum atomic E-state index is -0.603. The van der Waals surface area contributed by atoms with Gasteiger partial charge in [-0.05, 0) is 72.5 Å². The van der Waals surface area contributed by atoms with Gasteiger partial charge >= 0.3 is 0 Å². The molecule has 7 heteroatoms. The molecule has 2 atom stereocenters. The second-order valence-corrected chi connectivity index (χ2v) is 10.6. The average molecular weight is 546 g/mol. The van der Waals surface area contributed by atoms with E-state index in [0.29, 0.717) is 30.0 Å². The van der Waals surface area contributed by atoms with Gasteiger partial charge in [-0.15, -0.1) is 0 Å². The van der Waals surface area contributed by atoms with Gasteiger partial charge in [0.2, 0.25) is 5.91 Å². The van der Waals surface area contributed by atoms with Crippen LogP contribution in [0.5, 0.6) is 11.5 Å². The Morgan fingerprint density at radius 1 is 0.878 bits per heavy atom. The molecule has 3 heterocycles. The van der Waals surface area contributed by atoms with Crippen molar-refractivity contribution in [1.82, 2.24) is 9.47 Å². The Bertz CT molecular complexity index is 1860. The molecule has 2 aliphatic rings. The second kappa shape index (κ2) is 9.70. The van der Waals surface area contributed by atoms with Crippen LogP contribution in [0.1, 0.15) is 45.9 Å². The largest absolute Gasteiger partial charge is 0.493 e. The summed E-state index contributed by atoms with van der Waals surface area (Å²) in [6, 6.07) is 25.4. The molecule has 1 aromatic heterocycles. The van der Waals surface area contributed by atoms with Crippen LogP contribution in [0.3, 0.4) is 0 Å². The van der Waals surface area contributed by atoms with Crippen LogP contribution in [0.15, 0.2) is 78.9 Å². The molecule has 0 aliphatic carbocycles. The van der Waals surface area contributed by atoms with E-state index in [0.717, 1.165) is 45.2 Å². The first-order valence-corrected chi connectivity index (χ1v) is 14.0. The van der Waals surface area contributed by atoms with Crippen LogP contribution in [0.4, 0.5) is 5.69 Å². The van der Waals surface area contributed by atoms with Crippen molar-refractivity contribution in [2.45, 2.75) is 31.8 Å². The molecule has 0 fully saturated rings. The van der Waals surface area contributed by atoms with Crippen molar-refractivity contribution in [1.29, 1.82) is 0 Å². The number of benzene rings is 4. The number of carbonyl (C=O) groups is 2. The predicted molar refractivity (Wildman–Crippen MR) is 160 cm³/mol. The number of ether oxygens (including phenoxy) is 2. The van der Waals surface area contributed by atoms with Crippen LogP contribution in [0, 0.1) is 0 Å². The summed E-state index contributed by atoms with van der Waals surface area (Å²) in [6.45, 7) is 3.52. The van der Waals surface area contributed by atoms with Gasteiger partial charge in [0.1, 0.15) is 0 Å². The Labute approximate surface area is 238 Å². The first kappa shape index (κ1) is 25.2. The number of methoxy groups -OCH3 is 2. The summed E-state index contributed by atoms with van der Waals surface area (Å²) in [5.41, 5.74) is 6.32. The molecule has 0 saturated heterocycles. The van der Waals surface area contributed by atoms with E-state index in [2.05, 4.69) is 47.1 Å². The maximum Gasteiger partial charge on any atom is 0.254 e. The van der Waals surface area contributed by atoms with Crippen molar-refractivity contribution >= 4 is 39.3 Å². The number of aromatic nitrogens is 1. The summed E-state index contributed by atoms with van der Waals surface area (Å²) < 4.78 is 13.5. The lowest BCUT2D eigenvalue weighted by Gasteiger charge is -2.45. The molecule has 2 aliphatic heterocycles. The Balaban J connectivity index is 1.34. The lowest BCUT2D eigenvalue weighted by atomic mass is 9.75. The summed E-state index contributed by atoms with van der Waals surface area (Å²) in [4.78, 5) is 29.9. The van der Waals surface area contributed by atoms with Crippen molar-refractivity contribution in [2.75, 3.05) is 26.1 Å². The number of carbonyl (C=O) groups excluding carboxylic acids is 2. The number of hydrogen-bond acceptors (Lipinski definition) is 4. The number of aryl methyl sites for hydroxylation is 1. The first-order valence-electron chi connectivity index (χ1n) is 14.0. The molecule has 0 unspecified atom stereocenters. The highest BCUT2D eigenvalue weighted by Crippen LogP contribution is 2.48. The number of para-hydroxylation sites is 1. The van der Waals surface area contributed by atoms with E-state index in [4.69, 9.17) is 9.47 Å². The van der Waals surface area contributed by atoms with Crippen LogP contribution in [-0.2, 0) is 17.8 Å². The summed E-state index contributed by atoms with van der Waals surface area (Å²) in [6.07, 6.45) is 0.673. The molecule has 7 nitrogen and oxygen atoms in total. The standard InChI is InChI=1S/C34H31N3O4/c1-4-36-27-12-8-7-9-22(27)26-18-21(13-14-28(26)36)35-33(38)31-23-10-5-6-11-24(23)34(39)37-16-15-20-17-29(40-2)30(41-3)19-25(20)32(31)37/h5-14,17-19,31-32H,4,15-16H2,1-3H3,(H,35,38)/t31-,32+/m1/s1. The number of anilines is 1. The summed E-state index contributed by atoms with van der Waals surface area (Å²) in [7, 11) is 3.22. The molecule has 0 radical (unpaired) electrons. The number of fused-ring (bicyclic) bond motifs is 7. The molecule has 7 rings (SSSR count). The zero-order chi connectivity index (χ0) is 28.2. The summed E-state index contributed by atoms with van der Waals surface area (Å²) in [5.74, 6) is 0.415. The van der Waals surface area contributed by atoms with E-state index in [1.807, 2.05) is 53.4 Å². The van der Waals surface area contributed by atoms with E-state index in [9.17, 15) is 9.59 Å². The molecular weight excluding hydrogens is 514 g/mol. The quantitative estimate of drug-likeness (QED) is 0.281. The number of nitrogens with zero attached hydrogens (tertiary/aromatic N) is 2. The van der Waals surface area contributed by atoms with Gasteiger partial charge in [0.15, 0.2) is 11.5 Å². The Morgan fingerprint density at radius 3 is 2.41 bits per heavy atom. The minimum absolute atomic E-state index is 0.0520. The molecule has 0 spiro atoms. The number of hydrogen-bond donors (Lipinski definition) is 1. The lowest BCUT2D eigenvalue weighted by molar-refractivity contribution is -0.119. The summed E-state index contributed by atoms with van der Waals surface area (Å²) in [5, 5.41) is 5.48. The maximum absolute atomic E-state index is 14.3. The zero-order valence-electron chi connectivity index (χ0n) is 23.3. The van der Waals surface area contributed by atoms with E-state index in [-0.39, 0.29) is 11.8 Å². The van der Waals surface area contributed by atoms with Crippen molar-refractivity contribution in [3.8, 4) is 11.5 Å². The number of amides is 2. The molecule has 41 heavy (non-hydrogen) atoms. The molecular formula is C34H31N3O4. The Morgan fingerprint density at radius 2 is 1.61 bits per heavy atom. The average Bonchev–Trinajstić information content (AvgIpc) is 3.33. The monoisotopic (exact) mass is 545 g/mol. The van der Waals surface area contributed by atoms with Gasteiger partial charge in [-0.3, -0.25) is 9.59 Å². The van der Waals surface area contributed by atoms with Crippen LogP contribution in [0.25, 0.3) is 21.8 Å². The van der Waals surface area contributed by atoms with Crippen LogP contribution >= 0.6 is 0 Å². The van der Waals surface area contributed by atoms with Gasteiger partial charge in [-0.2, -0.15) is 0 Å². The van der Waals surface area contributed by atoms with Gasteiger partial charge in [-0.25, -0.2) is 0 Å². The van der Waals surface area contributed by atoms with Crippen molar-refractivity contribution < 1.29 is 19.1 Å². The van der Waals surface area contributed by atoms with Crippen molar-refractivity contribution in [3.63, 3.8) is 0 Å². The van der Waals surface area contributed by atoms with E-state index >= 15 is 0 Å². The third-order valence-electron chi connectivity index (χ3n) is 8.66. The molecule has 0 saturated carbocycles. The van der Waals surface area contributed by atoms with Crippen molar-refractivity contribution in [3.05, 3.63) is 101 Å². The van der Waals surface area contributed by atoms with Crippen LogP contribution in [-0.4, -0.2) is 42.0 Å². The Kier molecular flexibility index (Phi) is 5.96. The first-order chi connectivity index (χ1) is 20.0. The highest BCUT2D eigenvalue weighted by atomic mass is 16.5.